The molecule has 1 aromatic carbocycles. The van der Waals surface area contributed by atoms with Crippen LogP contribution in [0.5, 0.6) is 5.75 Å². The number of hydrogen-bond donors (Lipinski definition) is 3. The van der Waals surface area contributed by atoms with Gasteiger partial charge in [0.15, 0.2) is 21.6 Å². The second-order valence-corrected chi connectivity index (χ2v) is 12.0. The first kappa shape index (κ1) is 25.3. The number of thiophene rings is 1. The monoisotopic (exact) mass is 511 g/mol. The molecule has 12 heteroatoms. The van der Waals surface area contributed by atoms with Crippen LogP contribution < -0.4 is 10.6 Å². The van der Waals surface area contributed by atoms with Gasteiger partial charge in [0.2, 0.25) is 0 Å². The van der Waals surface area contributed by atoms with Gasteiger partial charge in [0.25, 0.3) is 21.2 Å². The highest BCUT2D eigenvalue weighted by atomic mass is 32.2. The first-order valence-electron chi connectivity index (χ1n) is 10.6. The molecule has 1 aromatic heterocycles. The zero-order valence-corrected chi connectivity index (χ0v) is 21.6. The Morgan fingerprint density at radius 2 is 1.73 bits per heavy atom. The Bertz CT molecular complexity index is 1190. The molecule has 0 amide bonds. The fraction of sp³-hybridized carbons (Fsp3) is 0.429. The highest BCUT2D eigenvalue weighted by molar-refractivity contribution is 7.91. The van der Waals surface area contributed by atoms with Gasteiger partial charge in [-0.05, 0) is 18.4 Å². The number of aromatic hydroxyl groups is 1. The minimum Gasteiger partial charge on any atom is -0.504 e. The van der Waals surface area contributed by atoms with E-state index < -0.39 is 21.2 Å². The molecule has 9 nitrogen and oxygen atoms in total. The van der Waals surface area contributed by atoms with Crippen LogP contribution in [0.15, 0.2) is 43.3 Å². The molecule has 1 aliphatic rings. The van der Waals surface area contributed by atoms with Crippen LogP contribution in [0, 0.1) is 12.8 Å². The van der Waals surface area contributed by atoms with E-state index in [-0.39, 0.29) is 39.3 Å². The van der Waals surface area contributed by atoms with Gasteiger partial charge >= 0.3 is 0 Å². The predicted octanol–water partition coefficient (Wildman–Crippen LogP) is 3.58. The zero-order valence-electron chi connectivity index (χ0n) is 19.2. The van der Waals surface area contributed by atoms with E-state index in [0.29, 0.717) is 18.0 Å². The maximum Gasteiger partial charge on any atom is 0.269 e. The van der Waals surface area contributed by atoms with Gasteiger partial charge in [-0.25, -0.2) is 12.6 Å². The second kappa shape index (κ2) is 10.3. The summed E-state index contributed by atoms with van der Waals surface area (Å²) in [6, 6.07) is 9.69. The molecule has 2 heterocycles. The van der Waals surface area contributed by atoms with Crippen molar-refractivity contribution < 1.29 is 17.7 Å². The van der Waals surface area contributed by atoms with Gasteiger partial charge in [-0.2, -0.15) is 4.31 Å². The maximum atomic E-state index is 12.9. The van der Waals surface area contributed by atoms with Crippen molar-refractivity contribution in [3.8, 4) is 5.75 Å². The summed E-state index contributed by atoms with van der Waals surface area (Å²) in [7, 11) is -3.84. The van der Waals surface area contributed by atoms with E-state index in [4.69, 9.17) is 0 Å². The van der Waals surface area contributed by atoms with Gasteiger partial charge in [-0.1, -0.05) is 58.0 Å². The van der Waals surface area contributed by atoms with E-state index in [1.165, 1.54) is 4.31 Å². The molecule has 0 radical (unpaired) electrons. The molecule has 0 fully saturated rings. The van der Waals surface area contributed by atoms with E-state index in [2.05, 4.69) is 33.3 Å². The lowest BCUT2D eigenvalue weighted by atomic mass is 9.96. The molecule has 0 aliphatic carbocycles. The third kappa shape index (κ3) is 5.29. The SMILES string of the molecule is CCN(CC)S(=O)(=O)c1sc(C)c(NC2=NS(=O)N=C2N[C@@H](c2ccccc2)C(C)C)c1O. The van der Waals surface area contributed by atoms with Gasteiger partial charge < -0.3 is 15.7 Å². The van der Waals surface area contributed by atoms with E-state index in [0.717, 1.165) is 16.9 Å². The molecule has 2 atom stereocenters. The van der Waals surface area contributed by atoms with Crippen molar-refractivity contribution >= 4 is 49.9 Å². The van der Waals surface area contributed by atoms with Gasteiger partial charge in [0.1, 0.15) is 0 Å². The summed E-state index contributed by atoms with van der Waals surface area (Å²) < 4.78 is 47.3. The second-order valence-electron chi connectivity index (χ2n) is 7.77. The van der Waals surface area contributed by atoms with Gasteiger partial charge in [0.05, 0.1) is 11.7 Å². The summed E-state index contributed by atoms with van der Waals surface area (Å²) in [5.41, 5.74) is 1.24. The van der Waals surface area contributed by atoms with E-state index >= 15 is 0 Å². The van der Waals surface area contributed by atoms with E-state index in [1.807, 2.05) is 30.3 Å². The summed E-state index contributed by atoms with van der Waals surface area (Å²) >= 11 is -0.855. The maximum absolute atomic E-state index is 12.9. The molecule has 1 aliphatic heterocycles. The Hall–Kier alpha value is -2.28. The van der Waals surface area contributed by atoms with Crippen LogP contribution in [0.2, 0.25) is 0 Å². The van der Waals surface area contributed by atoms with Crippen LogP contribution in [0.4, 0.5) is 5.69 Å². The topological polar surface area (TPSA) is 123 Å². The summed E-state index contributed by atoms with van der Waals surface area (Å²) in [6.45, 7) is 9.88. The van der Waals surface area contributed by atoms with Crippen molar-refractivity contribution in [2.75, 3.05) is 18.4 Å². The number of nitrogens with one attached hydrogen (secondary N) is 2. The van der Waals surface area contributed by atoms with Crippen molar-refractivity contribution in [3.63, 3.8) is 0 Å². The Morgan fingerprint density at radius 1 is 1.12 bits per heavy atom. The largest absolute Gasteiger partial charge is 0.504 e. The summed E-state index contributed by atoms with van der Waals surface area (Å²) in [5, 5.41) is 17.1. The van der Waals surface area contributed by atoms with Crippen LogP contribution >= 0.6 is 11.3 Å². The van der Waals surface area contributed by atoms with Crippen LogP contribution in [-0.2, 0) is 21.2 Å². The normalized spacial score (nSPS) is 17.2. The number of sulfonamides is 1. The lowest BCUT2D eigenvalue weighted by molar-refractivity contribution is 0.434. The average molecular weight is 512 g/mol. The van der Waals surface area contributed by atoms with Crippen LogP contribution in [-0.4, -0.2) is 46.8 Å². The van der Waals surface area contributed by atoms with Crippen LogP contribution in [0.1, 0.15) is 44.2 Å². The quantitative estimate of drug-likeness (QED) is 0.498. The molecule has 3 N–H and O–H groups in total. The van der Waals surface area contributed by atoms with Crippen molar-refractivity contribution in [3.05, 3.63) is 40.8 Å². The standard InChI is InChI=1S/C21H29N5O4S3/c1-6-26(7-2)33(29,30)21-18(27)17(14(5)31-21)23-20-19(24-32(28)25-20)22-16(13(3)4)15-11-9-8-10-12-15/h8-13,16,27H,6-7H2,1-5H3,(H,22,24)(H,23,25)/t16-,32?/m1/s1. The lowest BCUT2D eigenvalue weighted by Crippen LogP contribution is -2.38. The molecule has 0 saturated heterocycles. The first-order chi connectivity index (χ1) is 15.6. The Morgan fingerprint density at radius 3 is 2.30 bits per heavy atom. The molecule has 0 spiro atoms. The highest BCUT2D eigenvalue weighted by Gasteiger charge is 2.32. The van der Waals surface area contributed by atoms with E-state index in [9.17, 15) is 17.7 Å². The lowest BCUT2D eigenvalue weighted by Gasteiger charge is -2.24. The number of anilines is 1. The number of rotatable bonds is 8. The van der Waals surface area contributed by atoms with E-state index in [1.54, 1.807) is 20.8 Å². The zero-order chi connectivity index (χ0) is 24.3. The number of nitrogens with zero attached hydrogens (tertiary/aromatic N) is 3. The predicted molar refractivity (Wildman–Crippen MR) is 135 cm³/mol. The molecular formula is C21H29N5O4S3. The molecule has 0 bridgehead atoms. The summed E-state index contributed by atoms with van der Waals surface area (Å²) in [5.74, 6) is 0.270. The number of hydrogen-bond acceptors (Lipinski definition) is 7. The van der Waals surface area contributed by atoms with Gasteiger partial charge in [0, 0.05) is 18.0 Å². The molecule has 0 saturated carbocycles. The smallest absolute Gasteiger partial charge is 0.269 e. The Labute approximate surface area is 201 Å². The molecule has 33 heavy (non-hydrogen) atoms. The number of amidine groups is 2. The summed E-state index contributed by atoms with van der Waals surface area (Å²) in [4.78, 5) is 0.557. The average Bonchev–Trinajstić information content (AvgIpc) is 3.26. The Kier molecular flexibility index (Phi) is 7.93. The fourth-order valence-electron chi connectivity index (χ4n) is 3.51. The molecule has 1 unspecified atom stereocenters. The summed E-state index contributed by atoms with van der Waals surface area (Å²) in [6.07, 6.45) is 0. The number of aryl methyl sites for hydroxylation is 1. The Balaban J connectivity index is 1.91. The third-order valence-corrected chi connectivity index (χ3v) is 9.54. The minimum atomic E-state index is -3.84. The third-order valence-electron chi connectivity index (χ3n) is 5.23. The molecule has 180 valence electrons. The van der Waals surface area contributed by atoms with Crippen molar-refractivity contribution in [2.45, 2.75) is 44.9 Å². The molecule has 2 aromatic rings. The van der Waals surface area contributed by atoms with Gasteiger partial charge in [-0.3, -0.25) is 0 Å². The van der Waals surface area contributed by atoms with Crippen LogP contribution in [0.3, 0.4) is 0 Å². The molecular weight excluding hydrogens is 482 g/mol. The van der Waals surface area contributed by atoms with Gasteiger partial charge in [-0.15, -0.1) is 20.1 Å². The fourth-order valence-corrected chi connectivity index (χ4v) is 7.24. The van der Waals surface area contributed by atoms with Crippen molar-refractivity contribution in [1.29, 1.82) is 0 Å². The van der Waals surface area contributed by atoms with Crippen LogP contribution in [0.25, 0.3) is 0 Å². The first-order valence-corrected chi connectivity index (χ1v) is 13.9. The van der Waals surface area contributed by atoms with Crippen molar-refractivity contribution in [1.82, 2.24) is 9.62 Å². The van der Waals surface area contributed by atoms with Crippen molar-refractivity contribution in [2.24, 2.45) is 14.7 Å². The highest BCUT2D eigenvalue weighted by Crippen LogP contribution is 2.43. The minimum absolute atomic E-state index is 0.122. The molecule has 3 rings (SSSR count). The number of benzene rings is 1.